The molecule has 1 amide bonds. The van der Waals surface area contributed by atoms with Crippen molar-refractivity contribution in [1.29, 1.82) is 0 Å². The highest BCUT2D eigenvalue weighted by Gasteiger charge is 2.21. The van der Waals surface area contributed by atoms with E-state index in [1.807, 2.05) is 6.07 Å². The Balaban J connectivity index is 1.63. The monoisotopic (exact) mass is 406 g/mol. The number of para-hydroxylation sites is 1. The molecular formula is C23H22N2O5. The number of rotatable bonds is 8. The van der Waals surface area contributed by atoms with E-state index in [9.17, 15) is 14.4 Å². The van der Waals surface area contributed by atoms with Crippen molar-refractivity contribution in [1.82, 2.24) is 0 Å². The number of anilines is 2. The van der Waals surface area contributed by atoms with Crippen molar-refractivity contribution >= 4 is 29.0 Å². The van der Waals surface area contributed by atoms with E-state index in [4.69, 9.17) is 9.15 Å². The highest BCUT2D eigenvalue weighted by atomic mass is 16.5. The van der Waals surface area contributed by atoms with Gasteiger partial charge in [0.15, 0.2) is 11.9 Å². The first-order valence-electron chi connectivity index (χ1n) is 9.42. The zero-order valence-electron chi connectivity index (χ0n) is 16.7. The Bertz CT molecular complexity index is 1040. The average Bonchev–Trinajstić information content (AvgIpc) is 3.26. The summed E-state index contributed by atoms with van der Waals surface area (Å²) in [6.45, 7) is 3.34. The molecule has 154 valence electrons. The van der Waals surface area contributed by atoms with E-state index in [1.165, 1.54) is 13.8 Å². The molecule has 30 heavy (non-hydrogen) atoms. The molecule has 0 saturated heterocycles. The van der Waals surface area contributed by atoms with Crippen LogP contribution in [0.4, 0.5) is 11.4 Å². The number of carbonyl (C=O) groups excluding carboxylic acids is 3. The van der Waals surface area contributed by atoms with Gasteiger partial charge >= 0.3 is 5.97 Å². The van der Waals surface area contributed by atoms with Crippen molar-refractivity contribution in [2.75, 3.05) is 10.6 Å². The fraction of sp³-hybridized carbons (Fsp3) is 0.174. The summed E-state index contributed by atoms with van der Waals surface area (Å²) in [5.74, 6) is -0.509. The molecule has 0 aliphatic heterocycles. The van der Waals surface area contributed by atoms with Crippen LogP contribution >= 0.6 is 0 Å². The van der Waals surface area contributed by atoms with Crippen LogP contribution in [0.2, 0.25) is 0 Å². The second kappa shape index (κ2) is 9.56. The molecule has 2 N–H and O–H groups in total. The summed E-state index contributed by atoms with van der Waals surface area (Å²) < 4.78 is 10.6. The predicted molar refractivity (Wildman–Crippen MR) is 112 cm³/mol. The molecule has 0 aliphatic rings. The van der Waals surface area contributed by atoms with E-state index < -0.39 is 18.0 Å². The van der Waals surface area contributed by atoms with E-state index in [0.717, 1.165) is 5.76 Å². The SMILES string of the molecule is CC(=O)c1cccc(NC(=O)[C@@H](C)OC(=O)c2ccccc2NCc2ccco2)c1. The molecule has 3 aromatic rings. The lowest BCUT2D eigenvalue weighted by Crippen LogP contribution is -2.30. The maximum absolute atomic E-state index is 12.6. The number of amides is 1. The van der Waals surface area contributed by atoms with Crippen LogP contribution in [0.25, 0.3) is 0 Å². The van der Waals surface area contributed by atoms with Gasteiger partial charge in [-0.1, -0.05) is 24.3 Å². The van der Waals surface area contributed by atoms with Crippen molar-refractivity contribution in [3.63, 3.8) is 0 Å². The molecule has 1 atom stereocenters. The molecule has 7 nitrogen and oxygen atoms in total. The predicted octanol–water partition coefficient (Wildman–Crippen LogP) is 4.28. The quantitative estimate of drug-likeness (QED) is 0.428. The van der Waals surface area contributed by atoms with Crippen LogP contribution in [0, 0.1) is 0 Å². The number of esters is 1. The van der Waals surface area contributed by atoms with Crippen LogP contribution in [0.5, 0.6) is 0 Å². The van der Waals surface area contributed by atoms with Crippen LogP contribution < -0.4 is 10.6 Å². The largest absolute Gasteiger partial charge is 0.467 e. The second-order valence-electron chi connectivity index (χ2n) is 6.65. The van der Waals surface area contributed by atoms with Crippen LogP contribution in [0.15, 0.2) is 71.3 Å². The van der Waals surface area contributed by atoms with Crippen molar-refractivity contribution < 1.29 is 23.5 Å². The van der Waals surface area contributed by atoms with Gasteiger partial charge in [0.1, 0.15) is 5.76 Å². The summed E-state index contributed by atoms with van der Waals surface area (Å²) in [6, 6.07) is 17.0. The lowest BCUT2D eigenvalue weighted by molar-refractivity contribution is -0.123. The van der Waals surface area contributed by atoms with Crippen molar-refractivity contribution in [3.05, 3.63) is 83.8 Å². The summed E-state index contributed by atoms with van der Waals surface area (Å²) in [5.41, 5.74) is 1.81. The summed E-state index contributed by atoms with van der Waals surface area (Å²) in [4.78, 5) is 36.5. The number of benzene rings is 2. The fourth-order valence-electron chi connectivity index (χ4n) is 2.75. The third kappa shape index (κ3) is 5.35. The number of ether oxygens (including phenoxy) is 1. The van der Waals surface area contributed by atoms with Gasteiger partial charge in [0.25, 0.3) is 5.91 Å². The molecule has 0 unspecified atom stereocenters. The van der Waals surface area contributed by atoms with E-state index in [2.05, 4.69) is 10.6 Å². The van der Waals surface area contributed by atoms with Gasteiger partial charge in [0.05, 0.1) is 18.4 Å². The molecule has 0 bridgehead atoms. The molecule has 3 rings (SSSR count). The number of hydrogen-bond acceptors (Lipinski definition) is 6. The first-order valence-corrected chi connectivity index (χ1v) is 9.42. The van der Waals surface area contributed by atoms with Crippen molar-refractivity contribution in [2.24, 2.45) is 0 Å². The van der Waals surface area contributed by atoms with Gasteiger partial charge in [-0.25, -0.2) is 4.79 Å². The number of carbonyl (C=O) groups is 3. The van der Waals surface area contributed by atoms with Gasteiger partial charge in [-0.2, -0.15) is 0 Å². The molecule has 1 aromatic heterocycles. The van der Waals surface area contributed by atoms with Gasteiger partial charge in [-0.05, 0) is 50.2 Å². The Labute approximate surface area is 174 Å². The molecule has 2 aromatic carbocycles. The van der Waals surface area contributed by atoms with Crippen molar-refractivity contribution in [3.8, 4) is 0 Å². The third-order valence-electron chi connectivity index (χ3n) is 4.37. The Morgan fingerprint density at radius 1 is 1.03 bits per heavy atom. The molecule has 7 heteroatoms. The summed E-state index contributed by atoms with van der Waals surface area (Å²) in [5, 5.41) is 5.78. The highest BCUT2D eigenvalue weighted by molar-refractivity contribution is 6.00. The molecule has 0 radical (unpaired) electrons. The molecule has 0 spiro atoms. The number of nitrogens with one attached hydrogen (secondary N) is 2. The summed E-state index contributed by atoms with van der Waals surface area (Å²) in [7, 11) is 0. The standard InChI is InChI=1S/C23H22N2O5/c1-15(26)17-7-5-8-18(13-17)25-22(27)16(2)30-23(28)20-10-3-4-11-21(20)24-14-19-9-6-12-29-19/h3-13,16,24H,14H2,1-2H3,(H,25,27)/t16-/m1/s1. The topological polar surface area (TPSA) is 97.6 Å². The zero-order chi connectivity index (χ0) is 21.5. The number of Topliss-reactive ketones (excluding diaryl/α,β-unsaturated/α-hetero) is 1. The minimum Gasteiger partial charge on any atom is -0.467 e. The second-order valence-corrected chi connectivity index (χ2v) is 6.65. The first kappa shape index (κ1) is 20.9. The number of hydrogen-bond donors (Lipinski definition) is 2. The summed E-state index contributed by atoms with van der Waals surface area (Å²) in [6.07, 6.45) is 0.542. The van der Waals surface area contributed by atoms with E-state index >= 15 is 0 Å². The normalized spacial score (nSPS) is 11.4. The maximum atomic E-state index is 12.6. The molecule has 1 heterocycles. The van der Waals surface area contributed by atoms with Gasteiger partial charge in [-0.15, -0.1) is 0 Å². The fourth-order valence-corrected chi connectivity index (χ4v) is 2.75. The number of furan rings is 1. The van der Waals surface area contributed by atoms with Gasteiger partial charge in [-0.3, -0.25) is 9.59 Å². The minimum atomic E-state index is -1.03. The Hall–Kier alpha value is -3.87. The first-order chi connectivity index (χ1) is 14.4. The van der Waals surface area contributed by atoms with Gasteiger partial charge in [0.2, 0.25) is 0 Å². The third-order valence-corrected chi connectivity index (χ3v) is 4.37. The lowest BCUT2D eigenvalue weighted by Gasteiger charge is -2.16. The Morgan fingerprint density at radius 2 is 1.83 bits per heavy atom. The highest BCUT2D eigenvalue weighted by Crippen LogP contribution is 2.19. The van der Waals surface area contributed by atoms with Gasteiger partial charge < -0.3 is 19.8 Å². The zero-order valence-corrected chi connectivity index (χ0v) is 16.7. The van der Waals surface area contributed by atoms with Crippen LogP contribution in [0.3, 0.4) is 0 Å². The number of ketones is 1. The molecule has 0 saturated carbocycles. The lowest BCUT2D eigenvalue weighted by atomic mass is 10.1. The minimum absolute atomic E-state index is 0.107. The van der Waals surface area contributed by atoms with Crippen LogP contribution in [0.1, 0.15) is 40.3 Å². The van der Waals surface area contributed by atoms with Crippen LogP contribution in [-0.2, 0) is 16.1 Å². The Morgan fingerprint density at radius 3 is 2.57 bits per heavy atom. The van der Waals surface area contributed by atoms with E-state index in [0.29, 0.717) is 29.0 Å². The van der Waals surface area contributed by atoms with E-state index in [-0.39, 0.29) is 5.78 Å². The van der Waals surface area contributed by atoms with Gasteiger partial charge in [0, 0.05) is 16.9 Å². The molecular weight excluding hydrogens is 384 g/mol. The smallest absolute Gasteiger partial charge is 0.341 e. The maximum Gasteiger partial charge on any atom is 0.341 e. The Kier molecular flexibility index (Phi) is 6.64. The average molecular weight is 406 g/mol. The van der Waals surface area contributed by atoms with Crippen molar-refractivity contribution in [2.45, 2.75) is 26.5 Å². The van der Waals surface area contributed by atoms with E-state index in [1.54, 1.807) is 60.9 Å². The molecule has 0 aliphatic carbocycles. The molecule has 0 fully saturated rings. The summed E-state index contributed by atoms with van der Waals surface area (Å²) >= 11 is 0. The van der Waals surface area contributed by atoms with Crippen LogP contribution in [-0.4, -0.2) is 23.8 Å².